The Balaban J connectivity index is 0.000000210. The van der Waals surface area contributed by atoms with E-state index in [1.54, 1.807) is 24.8 Å². The summed E-state index contributed by atoms with van der Waals surface area (Å²) in [6.45, 7) is 0. The van der Waals surface area contributed by atoms with Gasteiger partial charge in [0.15, 0.2) is 0 Å². The fourth-order valence-corrected chi connectivity index (χ4v) is 0.625. The van der Waals surface area contributed by atoms with Crippen molar-refractivity contribution in [3.05, 3.63) is 61.2 Å². The molecule has 0 aliphatic heterocycles. The molecule has 2 aromatic heterocycles. The van der Waals surface area contributed by atoms with Gasteiger partial charge in [-0.1, -0.05) is 12.1 Å². The van der Waals surface area contributed by atoms with Crippen LogP contribution in [0, 0.1) is 0 Å². The first-order valence-electron chi connectivity index (χ1n) is 3.94. The molecule has 0 amide bonds. The van der Waals surface area contributed by atoms with Crippen LogP contribution in [0.5, 0.6) is 0 Å². The molecule has 2 aromatic rings. The second-order valence-electron chi connectivity index (χ2n) is 2.09. The van der Waals surface area contributed by atoms with E-state index in [1.165, 1.54) is 0 Å². The van der Waals surface area contributed by atoms with Gasteiger partial charge in [-0.25, -0.2) is 0 Å². The minimum absolute atomic E-state index is 0.472. The zero-order valence-electron chi connectivity index (χ0n) is 7.74. The Labute approximate surface area is 106 Å². The van der Waals surface area contributed by atoms with E-state index in [0.717, 1.165) is 0 Å². The molecule has 0 saturated heterocycles. The van der Waals surface area contributed by atoms with Gasteiger partial charge in [0.05, 0.1) is 0 Å². The van der Waals surface area contributed by atoms with Crippen molar-refractivity contribution < 1.29 is 16.5 Å². The van der Waals surface area contributed by atoms with E-state index in [0.29, 0.717) is 0 Å². The molecular weight excluding hydrogens is 414 g/mol. The van der Waals surface area contributed by atoms with Crippen molar-refractivity contribution >= 4 is 18.8 Å². The molecule has 0 aliphatic carbocycles. The molecule has 0 spiro atoms. The molecule has 0 atom stereocenters. The van der Waals surface area contributed by atoms with Gasteiger partial charge in [-0.05, 0) is 24.3 Å². The number of rotatable bonds is 0. The first-order valence-corrected chi connectivity index (χ1v) is 9.57. The summed E-state index contributed by atoms with van der Waals surface area (Å²) in [7, 11) is 9.75. The summed E-state index contributed by atoms with van der Waals surface area (Å²) >= 11 is -0.472. The van der Waals surface area contributed by atoms with Gasteiger partial charge in [-0.3, -0.25) is 9.97 Å². The maximum absolute atomic E-state index is 4.88. The number of hydrogen-bond acceptors (Lipinski definition) is 2. The second-order valence-corrected chi connectivity index (χ2v) is 5.38. The molecule has 5 heteroatoms. The molecule has 0 unspecified atom stereocenters. The third-order valence-electron chi connectivity index (χ3n) is 1.13. The summed E-state index contributed by atoms with van der Waals surface area (Å²) in [6, 6.07) is 11.4. The zero-order chi connectivity index (χ0) is 11.2. The molecule has 15 heavy (non-hydrogen) atoms. The normalized spacial score (nSPS) is 7.87. The van der Waals surface area contributed by atoms with Crippen LogP contribution < -0.4 is 0 Å². The fourth-order valence-electron chi connectivity index (χ4n) is 0.625. The Morgan fingerprint density at radius 3 is 0.933 bits per heavy atom. The summed E-state index contributed by atoms with van der Waals surface area (Å²) in [4.78, 5) is 7.57. The van der Waals surface area contributed by atoms with Crippen LogP contribution in [0.3, 0.4) is 0 Å². The van der Waals surface area contributed by atoms with Gasteiger partial charge in [0, 0.05) is 24.8 Å². The van der Waals surface area contributed by atoms with E-state index >= 15 is 0 Å². The largest absolute Gasteiger partial charge is 0.265 e. The third kappa shape index (κ3) is 13.6. The topological polar surface area (TPSA) is 25.8 Å². The van der Waals surface area contributed by atoms with Crippen LogP contribution in [0.25, 0.3) is 0 Å². The molecule has 0 saturated carbocycles. The number of pyridine rings is 2. The minimum Gasteiger partial charge on any atom is -0.265 e. The average molecular weight is 424 g/mol. The molecule has 0 N–H and O–H groups in total. The molecule has 84 valence electrons. The Bertz CT molecular complexity index is 210. The van der Waals surface area contributed by atoms with Crippen LogP contribution in [0.15, 0.2) is 61.2 Å². The monoisotopic (exact) mass is 423 g/mol. The SMILES string of the molecule is [Cl][Pt][Cl].c1ccncc1.c1ccncc1. The van der Waals surface area contributed by atoms with Gasteiger partial charge in [-0.2, -0.15) is 0 Å². The predicted molar refractivity (Wildman–Crippen MR) is 60.2 cm³/mol. The van der Waals surface area contributed by atoms with Crippen LogP contribution in [0.1, 0.15) is 0 Å². The smallest absolute Gasteiger partial charge is 0.0267 e. The first kappa shape index (κ1) is 14.6. The molecule has 0 radical (unpaired) electrons. The van der Waals surface area contributed by atoms with Gasteiger partial charge in [0.2, 0.25) is 0 Å². The van der Waals surface area contributed by atoms with Crippen LogP contribution in [-0.2, 0) is 16.5 Å². The maximum atomic E-state index is 4.88. The summed E-state index contributed by atoms with van der Waals surface area (Å²) in [5, 5.41) is 0. The Morgan fingerprint density at radius 2 is 0.867 bits per heavy atom. The van der Waals surface area contributed by atoms with Crippen LogP contribution in [0.4, 0.5) is 0 Å². The van der Waals surface area contributed by atoms with Crippen LogP contribution in [-0.4, -0.2) is 9.97 Å². The summed E-state index contributed by atoms with van der Waals surface area (Å²) in [5.74, 6) is 0. The number of aromatic nitrogens is 2. The van der Waals surface area contributed by atoms with Crippen molar-refractivity contribution in [2.45, 2.75) is 0 Å². The van der Waals surface area contributed by atoms with Crippen molar-refractivity contribution in [3.63, 3.8) is 0 Å². The van der Waals surface area contributed by atoms with Gasteiger partial charge < -0.3 is 0 Å². The Kier molecular flexibility index (Phi) is 13.2. The van der Waals surface area contributed by atoms with E-state index in [9.17, 15) is 0 Å². The van der Waals surface area contributed by atoms with Crippen LogP contribution in [0.2, 0.25) is 0 Å². The van der Waals surface area contributed by atoms with E-state index < -0.39 is 16.5 Å². The van der Waals surface area contributed by atoms with Gasteiger partial charge >= 0.3 is 35.3 Å². The fraction of sp³-hybridized carbons (Fsp3) is 0. The second kappa shape index (κ2) is 13.6. The summed E-state index contributed by atoms with van der Waals surface area (Å²) in [5.41, 5.74) is 0. The average Bonchev–Trinajstić information content (AvgIpc) is 2.35. The van der Waals surface area contributed by atoms with E-state index in [1.807, 2.05) is 36.4 Å². The van der Waals surface area contributed by atoms with Gasteiger partial charge in [-0.15, -0.1) is 0 Å². The Morgan fingerprint density at radius 1 is 0.600 bits per heavy atom. The van der Waals surface area contributed by atoms with Crippen molar-refractivity contribution in [1.29, 1.82) is 0 Å². The Hall–Kier alpha value is -0.432. The zero-order valence-corrected chi connectivity index (χ0v) is 11.5. The molecule has 2 heterocycles. The minimum atomic E-state index is -0.472. The molecule has 0 fully saturated rings. The molecule has 0 aliphatic rings. The molecule has 0 aromatic carbocycles. The van der Waals surface area contributed by atoms with E-state index in [2.05, 4.69) is 9.97 Å². The quantitative estimate of drug-likeness (QED) is 0.647. The van der Waals surface area contributed by atoms with Crippen molar-refractivity contribution in [2.75, 3.05) is 0 Å². The molecule has 2 nitrogen and oxygen atoms in total. The van der Waals surface area contributed by atoms with Crippen molar-refractivity contribution in [2.24, 2.45) is 0 Å². The van der Waals surface area contributed by atoms with Crippen molar-refractivity contribution in [3.8, 4) is 0 Å². The van der Waals surface area contributed by atoms with E-state index in [4.69, 9.17) is 18.8 Å². The van der Waals surface area contributed by atoms with E-state index in [-0.39, 0.29) is 0 Å². The van der Waals surface area contributed by atoms with Gasteiger partial charge in [0.1, 0.15) is 0 Å². The predicted octanol–water partition coefficient (Wildman–Crippen LogP) is 3.54. The number of hydrogen-bond donors (Lipinski definition) is 0. The standard InChI is InChI=1S/2C5H5N.2ClH.Pt/c2*1-2-4-6-5-3-1;;;/h2*1-5H;2*1H;/q;;;;+2/p-2. The number of halogens is 2. The van der Waals surface area contributed by atoms with Gasteiger partial charge in [0.25, 0.3) is 0 Å². The third-order valence-corrected chi connectivity index (χ3v) is 1.13. The van der Waals surface area contributed by atoms with Crippen LogP contribution >= 0.6 is 18.8 Å². The maximum Gasteiger partial charge on any atom is 0.0267 e. The summed E-state index contributed by atoms with van der Waals surface area (Å²) in [6.07, 6.45) is 7.00. The molecular formula is C10H10Cl2N2Pt. The molecule has 2 rings (SSSR count). The molecule has 0 bridgehead atoms. The van der Waals surface area contributed by atoms with Crippen molar-refractivity contribution in [1.82, 2.24) is 9.97 Å². The number of nitrogens with zero attached hydrogens (tertiary/aromatic N) is 2. The summed E-state index contributed by atoms with van der Waals surface area (Å²) < 4.78 is 0. The first-order chi connectivity index (χ1) is 7.41.